The summed E-state index contributed by atoms with van der Waals surface area (Å²) in [5.41, 5.74) is 0. The van der Waals surface area contributed by atoms with Crippen LogP contribution in [0.3, 0.4) is 0 Å². The zero-order chi connectivity index (χ0) is 18.2. The number of aliphatic hydroxyl groups is 1. The van der Waals surface area contributed by atoms with Gasteiger partial charge in [-0.2, -0.15) is 13.2 Å². The average Bonchev–Trinajstić information content (AvgIpc) is 2.50. The minimum Gasteiger partial charge on any atom is -0.396 e. The molecule has 144 valence electrons. The summed E-state index contributed by atoms with van der Waals surface area (Å²) in [5, 5.41) is 9.13. The summed E-state index contributed by atoms with van der Waals surface area (Å²) < 4.78 is 40.4. The molecule has 5 unspecified atom stereocenters. The molecule has 1 aliphatic carbocycles. The third-order valence-electron chi connectivity index (χ3n) is 6.01. The predicted molar refractivity (Wildman–Crippen MR) is 93.8 cm³/mol. The Balaban J connectivity index is 2.84. The highest BCUT2D eigenvalue weighted by molar-refractivity contribution is 4.78. The van der Waals surface area contributed by atoms with Crippen molar-refractivity contribution >= 4 is 0 Å². The van der Waals surface area contributed by atoms with Crippen LogP contribution in [0.2, 0.25) is 0 Å². The van der Waals surface area contributed by atoms with Crippen LogP contribution < -0.4 is 0 Å². The number of hydrogen-bond acceptors (Lipinski definition) is 1. The van der Waals surface area contributed by atoms with Gasteiger partial charge in [0.15, 0.2) is 0 Å². The molecule has 0 aromatic rings. The standard InChI is InChI=1S/C20H37F3O/c1-15-7-4-5-8-16(2)13-18(9-6-12-24)17(3)14-19(11-10-15)20(21,22)23/h15-19,24H,4-14H2,1-3H3. The third kappa shape index (κ3) is 8.22. The van der Waals surface area contributed by atoms with Crippen molar-refractivity contribution in [2.24, 2.45) is 29.6 Å². The van der Waals surface area contributed by atoms with Gasteiger partial charge >= 0.3 is 6.18 Å². The molecule has 1 saturated carbocycles. The molecule has 4 heteroatoms. The number of alkyl halides is 3. The first-order valence-electron chi connectivity index (χ1n) is 9.91. The first kappa shape index (κ1) is 21.8. The molecule has 0 bridgehead atoms. The number of aliphatic hydroxyl groups excluding tert-OH is 1. The molecule has 0 saturated heterocycles. The molecule has 0 aromatic carbocycles. The molecule has 0 aromatic heterocycles. The predicted octanol–water partition coefficient (Wildman–Crippen LogP) is 6.60. The number of rotatable bonds is 3. The van der Waals surface area contributed by atoms with Crippen molar-refractivity contribution in [2.45, 2.75) is 91.2 Å². The molecular weight excluding hydrogens is 313 g/mol. The maximum atomic E-state index is 13.5. The van der Waals surface area contributed by atoms with Crippen molar-refractivity contribution in [3.8, 4) is 0 Å². The van der Waals surface area contributed by atoms with Crippen LogP contribution in [0.25, 0.3) is 0 Å². The third-order valence-corrected chi connectivity index (χ3v) is 6.01. The van der Waals surface area contributed by atoms with E-state index in [1.165, 1.54) is 12.8 Å². The Kier molecular flexibility index (Phi) is 9.69. The fraction of sp³-hybridized carbons (Fsp3) is 1.00. The molecule has 0 radical (unpaired) electrons. The van der Waals surface area contributed by atoms with E-state index < -0.39 is 12.1 Å². The lowest BCUT2D eigenvalue weighted by atomic mass is 9.77. The van der Waals surface area contributed by atoms with E-state index in [0.29, 0.717) is 30.6 Å². The van der Waals surface area contributed by atoms with Gasteiger partial charge in [-0.15, -0.1) is 0 Å². The fourth-order valence-electron chi connectivity index (χ4n) is 4.29. The quantitative estimate of drug-likeness (QED) is 0.608. The normalized spacial score (nSPS) is 34.9. The van der Waals surface area contributed by atoms with E-state index in [0.717, 1.165) is 25.7 Å². The van der Waals surface area contributed by atoms with E-state index in [4.69, 9.17) is 5.11 Å². The summed E-state index contributed by atoms with van der Waals surface area (Å²) in [6.45, 7) is 6.47. The largest absolute Gasteiger partial charge is 0.396 e. The van der Waals surface area contributed by atoms with Crippen LogP contribution in [0.15, 0.2) is 0 Å². The van der Waals surface area contributed by atoms with Gasteiger partial charge in [0, 0.05) is 6.61 Å². The van der Waals surface area contributed by atoms with Crippen LogP contribution in [0.1, 0.15) is 85.0 Å². The highest BCUT2D eigenvalue weighted by atomic mass is 19.4. The van der Waals surface area contributed by atoms with Crippen LogP contribution in [0.5, 0.6) is 0 Å². The van der Waals surface area contributed by atoms with Crippen molar-refractivity contribution < 1.29 is 18.3 Å². The summed E-state index contributed by atoms with van der Waals surface area (Å²) in [6.07, 6.45) is 4.25. The molecule has 1 aliphatic rings. The van der Waals surface area contributed by atoms with Crippen molar-refractivity contribution in [3.05, 3.63) is 0 Å². The topological polar surface area (TPSA) is 20.2 Å². The maximum absolute atomic E-state index is 13.5. The van der Waals surface area contributed by atoms with Gasteiger partial charge in [-0.05, 0) is 55.8 Å². The second kappa shape index (κ2) is 10.7. The molecule has 0 amide bonds. The van der Waals surface area contributed by atoms with Crippen LogP contribution in [-0.2, 0) is 0 Å². The van der Waals surface area contributed by atoms with Crippen molar-refractivity contribution in [2.75, 3.05) is 6.61 Å². The molecule has 0 spiro atoms. The van der Waals surface area contributed by atoms with E-state index in [2.05, 4.69) is 13.8 Å². The lowest BCUT2D eigenvalue weighted by Gasteiger charge is -2.31. The van der Waals surface area contributed by atoms with Crippen LogP contribution in [0.4, 0.5) is 13.2 Å². The molecular formula is C20H37F3O. The molecule has 1 nitrogen and oxygen atoms in total. The van der Waals surface area contributed by atoms with Gasteiger partial charge in [0.25, 0.3) is 0 Å². The van der Waals surface area contributed by atoms with Gasteiger partial charge in [0.05, 0.1) is 5.92 Å². The Morgan fingerprint density at radius 2 is 1.50 bits per heavy atom. The zero-order valence-electron chi connectivity index (χ0n) is 15.7. The number of hydrogen-bond donors (Lipinski definition) is 1. The van der Waals surface area contributed by atoms with Crippen molar-refractivity contribution in [1.29, 1.82) is 0 Å². The fourth-order valence-corrected chi connectivity index (χ4v) is 4.29. The Bertz CT molecular complexity index is 329. The second-order valence-electron chi connectivity index (χ2n) is 8.39. The zero-order valence-corrected chi connectivity index (χ0v) is 15.7. The Morgan fingerprint density at radius 3 is 2.08 bits per heavy atom. The van der Waals surface area contributed by atoms with E-state index >= 15 is 0 Å². The van der Waals surface area contributed by atoms with E-state index in [9.17, 15) is 13.2 Å². The van der Waals surface area contributed by atoms with Crippen LogP contribution in [0, 0.1) is 29.6 Å². The first-order valence-corrected chi connectivity index (χ1v) is 9.91. The van der Waals surface area contributed by atoms with Crippen LogP contribution in [-0.4, -0.2) is 17.9 Å². The van der Waals surface area contributed by atoms with Gasteiger partial charge in [-0.25, -0.2) is 0 Å². The molecule has 5 atom stereocenters. The average molecular weight is 351 g/mol. The molecule has 1 N–H and O–H groups in total. The van der Waals surface area contributed by atoms with Crippen molar-refractivity contribution in [3.63, 3.8) is 0 Å². The molecule has 1 rings (SSSR count). The summed E-state index contributed by atoms with van der Waals surface area (Å²) in [7, 11) is 0. The summed E-state index contributed by atoms with van der Waals surface area (Å²) in [5.74, 6) is 0.169. The molecule has 0 heterocycles. The minimum atomic E-state index is -4.08. The maximum Gasteiger partial charge on any atom is 0.391 e. The highest BCUT2D eigenvalue weighted by Gasteiger charge is 2.40. The minimum absolute atomic E-state index is 0.0710. The van der Waals surface area contributed by atoms with Crippen molar-refractivity contribution in [1.82, 2.24) is 0 Å². The van der Waals surface area contributed by atoms with Gasteiger partial charge in [-0.1, -0.05) is 52.9 Å². The summed E-state index contributed by atoms with van der Waals surface area (Å²) >= 11 is 0. The van der Waals surface area contributed by atoms with Gasteiger partial charge in [0.2, 0.25) is 0 Å². The van der Waals surface area contributed by atoms with E-state index in [-0.39, 0.29) is 25.4 Å². The first-order chi connectivity index (χ1) is 11.2. The van der Waals surface area contributed by atoms with Gasteiger partial charge in [-0.3, -0.25) is 0 Å². The molecule has 0 aliphatic heterocycles. The van der Waals surface area contributed by atoms with Gasteiger partial charge < -0.3 is 5.11 Å². The van der Waals surface area contributed by atoms with Gasteiger partial charge in [0.1, 0.15) is 0 Å². The van der Waals surface area contributed by atoms with Crippen LogP contribution >= 0.6 is 0 Å². The monoisotopic (exact) mass is 350 g/mol. The Hall–Kier alpha value is -0.250. The number of halogens is 3. The molecule has 24 heavy (non-hydrogen) atoms. The molecule has 1 fully saturated rings. The Morgan fingerprint density at radius 1 is 0.875 bits per heavy atom. The summed E-state index contributed by atoms with van der Waals surface area (Å²) in [6, 6.07) is 0. The second-order valence-corrected chi connectivity index (χ2v) is 8.39. The lowest BCUT2D eigenvalue weighted by Crippen LogP contribution is -2.28. The smallest absolute Gasteiger partial charge is 0.391 e. The SMILES string of the molecule is CC1CCCCC(C)CC(CCCO)C(C)CC(C(F)(F)F)CC1. The highest BCUT2D eigenvalue weighted by Crippen LogP contribution is 2.40. The summed E-state index contributed by atoms with van der Waals surface area (Å²) in [4.78, 5) is 0. The van der Waals surface area contributed by atoms with E-state index in [1.54, 1.807) is 0 Å². The Labute approximate surface area is 146 Å². The van der Waals surface area contributed by atoms with E-state index in [1.807, 2.05) is 6.92 Å². The lowest BCUT2D eigenvalue weighted by molar-refractivity contribution is -0.182.